The Balaban J connectivity index is 4.01. The van der Waals surface area contributed by atoms with Gasteiger partial charge in [0.15, 0.2) is 0 Å². The Bertz CT molecular complexity index is 461. The molecule has 30 heavy (non-hydrogen) atoms. The third kappa shape index (κ3) is 13.9. The van der Waals surface area contributed by atoms with Crippen molar-refractivity contribution in [3.63, 3.8) is 0 Å². The number of carbonyl (C=O) groups excluding carboxylic acids is 1. The van der Waals surface area contributed by atoms with Gasteiger partial charge in [0, 0.05) is 6.92 Å². The summed E-state index contributed by atoms with van der Waals surface area (Å²) in [5.74, 6) is -2.04. The monoisotopic (exact) mass is 433 g/mol. The van der Waals surface area contributed by atoms with Gasteiger partial charge in [-0.1, -0.05) is 64.7 Å². The number of nitrogens with two attached hydrogens (primary N) is 1. The highest BCUT2D eigenvalue weighted by molar-refractivity contribution is 5.74. The van der Waals surface area contributed by atoms with Crippen LogP contribution in [0.3, 0.4) is 0 Å². The number of hydrogen-bond donors (Lipinski definition) is 5. The highest BCUT2D eigenvalue weighted by Gasteiger charge is 2.35. The van der Waals surface area contributed by atoms with Crippen molar-refractivity contribution in [1.82, 2.24) is 0 Å². The Kier molecular flexibility index (Phi) is 16.7. The van der Waals surface area contributed by atoms with E-state index in [-0.39, 0.29) is 6.10 Å². The summed E-state index contributed by atoms with van der Waals surface area (Å²) in [5.41, 5.74) is 5.35. The fourth-order valence-corrected chi connectivity index (χ4v) is 3.47. The Morgan fingerprint density at radius 1 is 0.800 bits per heavy atom. The van der Waals surface area contributed by atoms with Crippen molar-refractivity contribution in [1.29, 1.82) is 0 Å². The summed E-state index contributed by atoms with van der Waals surface area (Å²) >= 11 is 0. The molecule has 0 aromatic carbocycles. The van der Waals surface area contributed by atoms with Crippen LogP contribution in [0.1, 0.15) is 97.3 Å². The molecule has 0 aliphatic heterocycles. The predicted octanol–water partition coefficient (Wildman–Crippen LogP) is 2.50. The van der Waals surface area contributed by atoms with Gasteiger partial charge in [-0.2, -0.15) is 0 Å². The summed E-state index contributed by atoms with van der Waals surface area (Å²) in [6.07, 6.45) is 7.90. The molecule has 0 aromatic rings. The maximum absolute atomic E-state index is 11.3. The molecule has 0 bridgehead atoms. The van der Waals surface area contributed by atoms with Gasteiger partial charge in [-0.25, -0.2) is 0 Å². The van der Waals surface area contributed by atoms with Crippen LogP contribution in [0, 0.1) is 0 Å². The van der Waals surface area contributed by atoms with Gasteiger partial charge in [0.2, 0.25) is 0 Å². The second kappa shape index (κ2) is 17.5. The Hall–Kier alpha value is -1.22. The first-order valence-corrected chi connectivity index (χ1v) is 11.4. The van der Waals surface area contributed by atoms with Crippen LogP contribution in [0.5, 0.6) is 0 Å². The maximum atomic E-state index is 11.3. The lowest BCUT2D eigenvalue weighted by Gasteiger charge is -2.28. The highest BCUT2D eigenvalue weighted by atomic mass is 16.6. The molecule has 0 aliphatic rings. The Labute approximate surface area is 180 Å². The van der Waals surface area contributed by atoms with E-state index in [4.69, 9.17) is 15.6 Å². The van der Waals surface area contributed by atoms with Gasteiger partial charge >= 0.3 is 11.9 Å². The number of carboxylic acid groups (broad SMARTS) is 1. The van der Waals surface area contributed by atoms with Crippen LogP contribution < -0.4 is 5.73 Å². The molecule has 0 amide bonds. The minimum absolute atomic E-state index is 0.198. The van der Waals surface area contributed by atoms with Crippen molar-refractivity contribution in [3.05, 3.63) is 0 Å². The zero-order valence-electron chi connectivity index (χ0n) is 18.7. The average molecular weight is 434 g/mol. The summed E-state index contributed by atoms with van der Waals surface area (Å²) in [7, 11) is 0. The van der Waals surface area contributed by atoms with E-state index in [0.717, 1.165) is 51.4 Å². The second-order valence-corrected chi connectivity index (χ2v) is 8.19. The Morgan fingerprint density at radius 3 is 1.73 bits per heavy atom. The number of rotatable bonds is 19. The molecule has 5 unspecified atom stereocenters. The number of ether oxygens (including phenoxy) is 1. The van der Waals surface area contributed by atoms with Gasteiger partial charge in [0.1, 0.15) is 24.4 Å². The summed E-state index contributed by atoms with van der Waals surface area (Å²) in [5, 5.41) is 38.9. The average Bonchev–Trinajstić information content (AvgIpc) is 2.70. The van der Waals surface area contributed by atoms with Crippen molar-refractivity contribution in [2.45, 2.75) is 128 Å². The SMILES string of the molecule is CCCCCCC(O)CCCCCCCCC(OC(C)=O)C(O)C(O)C(N)C(=O)O. The molecular formula is C22H43NO7. The zero-order chi connectivity index (χ0) is 22.9. The summed E-state index contributed by atoms with van der Waals surface area (Å²) in [6.45, 7) is 3.37. The van der Waals surface area contributed by atoms with Gasteiger partial charge in [0.05, 0.1) is 6.10 Å². The largest absolute Gasteiger partial charge is 0.480 e. The molecule has 0 radical (unpaired) electrons. The van der Waals surface area contributed by atoms with Crippen LogP contribution in [0.25, 0.3) is 0 Å². The minimum atomic E-state index is -1.72. The fraction of sp³-hybridized carbons (Fsp3) is 0.909. The van der Waals surface area contributed by atoms with Gasteiger partial charge < -0.3 is 30.9 Å². The van der Waals surface area contributed by atoms with Gasteiger partial charge in [0.25, 0.3) is 0 Å². The molecule has 178 valence electrons. The van der Waals surface area contributed by atoms with Crippen LogP contribution in [-0.2, 0) is 14.3 Å². The second-order valence-electron chi connectivity index (χ2n) is 8.19. The molecule has 0 fully saturated rings. The number of aliphatic carboxylic acids is 1. The number of esters is 1. The number of carboxylic acids is 1. The molecule has 0 saturated carbocycles. The molecule has 5 atom stereocenters. The van der Waals surface area contributed by atoms with E-state index in [2.05, 4.69) is 6.92 Å². The number of aliphatic hydroxyl groups excluding tert-OH is 3. The standard InChI is InChI=1S/C22H43NO7/c1-3-4-5-10-13-17(25)14-11-8-6-7-9-12-15-18(30-16(2)24)20(26)21(27)19(23)22(28)29/h17-21,25-27H,3-15,23H2,1-2H3,(H,28,29). The van der Waals surface area contributed by atoms with Crippen molar-refractivity contribution in [2.24, 2.45) is 5.73 Å². The van der Waals surface area contributed by atoms with Crippen LogP contribution in [-0.4, -0.2) is 62.8 Å². The molecular weight excluding hydrogens is 390 g/mol. The predicted molar refractivity (Wildman–Crippen MR) is 115 cm³/mol. The topological polar surface area (TPSA) is 150 Å². The minimum Gasteiger partial charge on any atom is -0.480 e. The smallest absolute Gasteiger partial charge is 0.323 e. The summed E-state index contributed by atoms with van der Waals surface area (Å²) < 4.78 is 5.06. The van der Waals surface area contributed by atoms with Crippen molar-refractivity contribution >= 4 is 11.9 Å². The summed E-state index contributed by atoms with van der Waals surface area (Å²) in [6, 6.07) is -1.65. The molecule has 8 nitrogen and oxygen atoms in total. The van der Waals surface area contributed by atoms with E-state index in [0.29, 0.717) is 12.8 Å². The lowest BCUT2D eigenvalue weighted by atomic mass is 9.97. The molecule has 0 rings (SSSR count). The molecule has 0 aliphatic carbocycles. The van der Waals surface area contributed by atoms with E-state index in [1.54, 1.807) is 0 Å². The third-order valence-corrected chi connectivity index (χ3v) is 5.37. The van der Waals surface area contributed by atoms with Crippen molar-refractivity contribution < 1.29 is 34.8 Å². The number of hydrogen-bond acceptors (Lipinski definition) is 7. The molecule has 0 heterocycles. The molecule has 8 heteroatoms. The van der Waals surface area contributed by atoms with E-state index in [1.165, 1.54) is 26.2 Å². The highest BCUT2D eigenvalue weighted by Crippen LogP contribution is 2.17. The first-order valence-electron chi connectivity index (χ1n) is 11.4. The molecule has 0 aromatic heterocycles. The van der Waals surface area contributed by atoms with Crippen LogP contribution in [0.2, 0.25) is 0 Å². The lowest BCUT2D eigenvalue weighted by molar-refractivity contribution is -0.161. The van der Waals surface area contributed by atoms with E-state index >= 15 is 0 Å². The van der Waals surface area contributed by atoms with Gasteiger partial charge in [-0.3, -0.25) is 9.59 Å². The number of aliphatic hydroxyl groups is 3. The number of carbonyl (C=O) groups is 2. The first kappa shape index (κ1) is 28.8. The molecule has 0 spiro atoms. The third-order valence-electron chi connectivity index (χ3n) is 5.37. The zero-order valence-corrected chi connectivity index (χ0v) is 18.7. The quantitative estimate of drug-likeness (QED) is 0.154. The van der Waals surface area contributed by atoms with E-state index in [1.807, 2.05) is 0 Å². The van der Waals surface area contributed by atoms with E-state index in [9.17, 15) is 24.9 Å². The van der Waals surface area contributed by atoms with Gasteiger partial charge in [-0.15, -0.1) is 0 Å². The van der Waals surface area contributed by atoms with E-state index < -0.39 is 36.3 Å². The lowest BCUT2D eigenvalue weighted by Crippen LogP contribution is -2.52. The van der Waals surface area contributed by atoms with Crippen LogP contribution in [0.4, 0.5) is 0 Å². The van der Waals surface area contributed by atoms with Crippen LogP contribution >= 0.6 is 0 Å². The molecule has 0 saturated heterocycles. The summed E-state index contributed by atoms with van der Waals surface area (Å²) in [4.78, 5) is 22.1. The first-order chi connectivity index (χ1) is 14.2. The van der Waals surface area contributed by atoms with Crippen molar-refractivity contribution in [2.75, 3.05) is 0 Å². The van der Waals surface area contributed by atoms with Crippen LogP contribution in [0.15, 0.2) is 0 Å². The molecule has 6 N–H and O–H groups in total. The fourth-order valence-electron chi connectivity index (χ4n) is 3.47. The van der Waals surface area contributed by atoms with Gasteiger partial charge in [-0.05, 0) is 25.7 Å². The Morgan fingerprint density at radius 2 is 1.27 bits per heavy atom. The maximum Gasteiger partial charge on any atom is 0.323 e. The normalized spacial score (nSPS) is 16.5. The van der Waals surface area contributed by atoms with Crippen molar-refractivity contribution in [3.8, 4) is 0 Å². The number of unbranched alkanes of at least 4 members (excludes halogenated alkanes) is 8.